The smallest absolute Gasteiger partial charge is 0.381 e. The van der Waals surface area contributed by atoms with E-state index in [1.54, 1.807) is 6.92 Å². The van der Waals surface area contributed by atoms with Gasteiger partial charge in [-0.3, -0.25) is 0 Å². The third-order valence-corrected chi connectivity index (χ3v) is 3.83. The first-order valence-corrected chi connectivity index (χ1v) is 6.16. The first-order valence-electron chi connectivity index (χ1n) is 6.16. The highest BCUT2D eigenvalue weighted by Gasteiger charge is 2.41. The quantitative estimate of drug-likeness (QED) is 0.746. The van der Waals surface area contributed by atoms with Gasteiger partial charge in [0.25, 0.3) is 0 Å². The van der Waals surface area contributed by atoms with Crippen LogP contribution in [-0.4, -0.2) is 19.1 Å². The molecule has 1 saturated heterocycles. The lowest BCUT2D eigenvalue weighted by atomic mass is 9.89. The Morgan fingerprint density at radius 1 is 1.28 bits per heavy atom. The summed E-state index contributed by atoms with van der Waals surface area (Å²) in [6, 6.07) is 3.26. The van der Waals surface area contributed by atoms with Crippen molar-refractivity contribution in [3.63, 3.8) is 0 Å². The van der Waals surface area contributed by atoms with E-state index in [1.807, 2.05) is 6.07 Å². The summed E-state index contributed by atoms with van der Waals surface area (Å²) in [5.41, 5.74) is 1.27. The molecule has 0 radical (unpaired) electrons. The minimum absolute atomic E-state index is 0.143. The molecular weight excluding hydrogens is 241 g/mol. The SMILES string of the molecule is Cc1cc2c(c(C(F)(F)F)c1)N[C@H]1CCNC[C@@H]21. The fourth-order valence-corrected chi connectivity index (χ4v) is 3.03. The van der Waals surface area contributed by atoms with Crippen molar-refractivity contribution in [1.29, 1.82) is 0 Å². The first-order chi connectivity index (χ1) is 8.47. The molecule has 2 heterocycles. The Morgan fingerprint density at radius 2 is 2.06 bits per heavy atom. The number of anilines is 1. The Kier molecular flexibility index (Phi) is 2.55. The van der Waals surface area contributed by atoms with Crippen LogP contribution in [0.15, 0.2) is 12.1 Å². The van der Waals surface area contributed by atoms with E-state index < -0.39 is 11.7 Å². The van der Waals surface area contributed by atoms with Gasteiger partial charge in [-0.2, -0.15) is 13.2 Å². The molecule has 0 bridgehead atoms. The highest BCUT2D eigenvalue weighted by molar-refractivity contribution is 5.66. The number of rotatable bonds is 0. The number of hydrogen-bond donors (Lipinski definition) is 2. The number of hydrogen-bond acceptors (Lipinski definition) is 2. The molecule has 0 amide bonds. The monoisotopic (exact) mass is 256 g/mol. The average molecular weight is 256 g/mol. The fourth-order valence-electron chi connectivity index (χ4n) is 3.03. The molecular formula is C13H15F3N2. The Balaban J connectivity index is 2.11. The second kappa shape index (κ2) is 3.88. The third kappa shape index (κ3) is 1.77. The van der Waals surface area contributed by atoms with Gasteiger partial charge in [0.2, 0.25) is 0 Å². The van der Waals surface area contributed by atoms with Crippen molar-refractivity contribution in [2.75, 3.05) is 18.4 Å². The van der Waals surface area contributed by atoms with Gasteiger partial charge in [0, 0.05) is 18.5 Å². The van der Waals surface area contributed by atoms with Crippen LogP contribution in [0.25, 0.3) is 0 Å². The van der Waals surface area contributed by atoms with Crippen LogP contribution in [0.3, 0.4) is 0 Å². The highest BCUT2D eigenvalue weighted by Crippen LogP contribution is 2.46. The van der Waals surface area contributed by atoms with Crippen LogP contribution in [0, 0.1) is 6.92 Å². The van der Waals surface area contributed by atoms with E-state index in [2.05, 4.69) is 10.6 Å². The van der Waals surface area contributed by atoms with Gasteiger partial charge in [0.05, 0.1) is 11.3 Å². The molecule has 5 heteroatoms. The second-order valence-corrected chi connectivity index (χ2v) is 5.12. The van der Waals surface area contributed by atoms with Crippen LogP contribution in [0.5, 0.6) is 0 Å². The van der Waals surface area contributed by atoms with Crippen molar-refractivity contribution in [2.45, 2.75) is 31.5 Å². The summed E-state index contributed by atoms with van der Waals surface area (Å²) in [4.78, 5) is 0. The molecule has 0 saturated carbocycles. The lowest BCUT2D eigenvalue weighted by Gasteiger charge is -2.26. The number of aryl methyl sites for hydroxylation is 1. The summed E-state index contributed by atoms with van der Waals surface area (Å²) in [6.45, 7) is 3.34. The van der Waals surface area contributed by atoms with Crippen molar-refractivity contribution in [1.82, 2.24) is 5.32 Å². The van der Waals surface area contributed by atoms with Crippen molar-refractivity contribution in [3.8, 4) is 0 Å². The molecule has 2 N–H and O–H groups in total. The maximum absolute atomic E-state index is 13.0. The van der Waals surface area contributed by atoms with E-state index in [9.17, 15) is 13.2 Å². The minimum Gasteiger partial charge on any atom is -0.381 e. The van der Waals surface area contributed by atoms with Gasteiger partial charge in [0.1, 0.15) is 0 Å². The van der Waals surface area contributed by atoms with Crippen LogP contribution in [0.1, 0.15) is 29.0 Å². The third-order valence-electron chi connectivity index (χ3n) is 3.83. The number of nitrogens with one attached hydrogen (secondary N) is 2. The van der Waals surface area contributed by atoms with E-state index >= 15 is 0 Å². The zero-order valence-corrected chi connectivity index (χ0v) is 10.1. The van der Waals surface area contributed by atoms with Crippen LogP contribution < -0.4 is 10.6 Å². The summed E-state index contributed by atoms with van der Waals surface area (Å²) in [6.07, 6.45) is -3.42. The van der Waals surface area contributed by atoms with Gasteiger partial charge < -0.3 is 10.6 Å². The zero-order valence-electron chi connectivity index (χ0n) is 10.1. The summed E-state index contributed by atoms with van der Waals surface area (Å²) in [7, 11) is 0. The molecule has 1 aromatic carbocycles. The number of piperidine rings is 1. The van der Waals surface area contributed by atoms with Gasteiger partial charge in [-0.1, -0.05) is 11.6 Å². The Hall–Kier alpha value is -1.23. The van der Waals surface area contributed by atoms with Crippen molar-refractivity contribution >= 4 is 5.69 Å². The van der Waals surface area contributed by atoms with Crippen molar-refractivity contribution < 1.29 is 13.2 Å². The minimum atomic E-state index is -4.29. The first kappa shape index (κ1) is 11.8. The number of benzene rings is 1. The molecule has 0 unspecified atom stereocenters. The van der Waals surface area contributed by atoms with Crippen LogP contribution in [0.2, 0.25) is 0 Å². The number of alkyl halides is 3. The predicted molar refractivity (Wildman–Crippen MR) is 63.8 cm³/mol. The van der Waals surface area contributed by atoms with E-state index in [0.29, 0.717) is 11.3 Å². The van der Waals surface area contributed by atoms with E-state index in [-0.39, 0.29) is 12.0 Å². The average Bonchev–Trinajstić information content (AvgIpc) is 2.65. The molecule has 3 rings (SSSR count). The lowest BCUT2D eigenvalue weighted by molar-refractivity contribution is -0.137. The molecule has 0 aromatic heterocycles. The topological polar surface area (TPSA) is 24.1 Å². The van der Waals surface area contributed by atoms with E-state index in [4.69, 9.17) is 0 Å². The lowest BCUT2D eigenvalue weighted by Crippen LogP contribution is -2.38. The molecule has 2 aliphatic heterocycles. The van der Waals surface area contributed by atoms with Gasteiger partial charge in [-0.15, -0.1) is 0 Å². The molecule has 18 heavy (non-hydrogen) atoms. The van der Waals surface area contributed by atoms with Crippen molar-refractivity contribution in [3.05, 3.63) is 28.8 Å². The predicted octanol–water partition coefficient (Wildman–Crippen LogP) is 2.88. The molecule has 2 nitrogen and oxygen atoms in total. The van der Waals surface area contributed by atoms with Gasteiger partial charge in [-0.05, 0) is 31.5 Å². The normalized spacial score (nSPS) is 26.4. The molecule has 1 fully saturated rings. The zero-order chi connectivity index (χ0) is 12.9. The van der Waals surface area contributed by atoms with E-state index in [1.165, 1.54) is 6.07 Å². The fraction of sp³-hybridized carbons (Fsp3) is 0.538. The summed E-state index contributed by atoms with van der Waals surface area (Å²) in [5.74, 6) is 0.162. The molecule has 2 atom stereocenters. The Morgan fingerprint density at radius 3 is 2.78 bits per heavy atom. The van der Waals surface area contributed by atoms with Crippen LogP contribution in [-0.2, 0) is 6.18 Å². The largest absolute Gasteiger partial charge is 0.418 e. The second-order valence-electron chi connectivity index (χ2n) is 5.12. The van der Waals surface area contributed by atoms with Gasteiger partial charge >= 0.3 is 6.18 Å². The number of halogens is 3. The maximum Gasteiger partial charge on any atom is 0.418 e. The van der Waals surface area contributed by atoms with E-state index in [0.717, 1.165) is 25.1 Å². The summed E-state index contributed by atoms with van der Waals surface area (Å²) in [5, 5.41) is 6.33. The maximum atomic E-state index is 13.0. The van der Waals surface area contributed by atoms with Crippen LogP contribution in [0.4, 0.5) is 18.9 Å². The molecule has 0 aliphatic carbocycles. The Labute approximate surface area is 104 Å². The summed E-state index contributed by atoms with van der Waals surface area (Å²) < 4.78 is 39.1. The standard InChI is InChI=1S/C13H15F3N2/c1-7-4-8-9-6-17-3-2-11(9)18-12(8)10(5-7)13(14,15)16/h4-5,9,11,17-18H,2-3,6H2,1H3/t9-,11-/m0/s1. The summed E-state index contributed by atoms with van der Waals surface area (Å²) >= 11 is 0. The van der Waals surface area contributed by atoms with Crippen molar-refractivity contribution in [2.24, 2.45) is 0 Å². The molecule has 0 spiro atoms. The Bertz CT molecular complexity index is 482. The van der Waals surface area contributed by atoms with Crippen LogP contribution >= 0.6 is 0 Å². The molecule has 1 aromatic rings. The molecule has 98 valence electrons. The molecule has 2 aliphatic rings. The van der Waals surface area contributed by atoms with Gasteiger partial charge in [0.15, 0.2) is 0 Å². The number of fused-ring (bicyclic) bond motifs is 3. The van der Waals surface area contributed by atoms with Gasteiger partial charge in [-0.25, -0.2) is 0 Å². The highest BCUT2D eigenvalue weighted by atomic mass is 19.4.